The second-order valence-corrected chi connectivity index (χ2v) is 5.38. The lowest BCUT2D eigenvalue weighted by molar-refractivity contribution is 0.494. The number of aryl methyl sites for hydroxylation is 1. The summed E-state index contributed by atoms with van der Waals surface area (Å²) in [6.45, 7) is 0.682. The molecule has 18 heavy (non-hydrogen) atoms. The average molecular weight is 263 g/mol. The lowest BCUT2D eigenvalue weighted by atomic mass is 9.93. The molecule has 96 valence electrons. The van der Waals surface area contributed by atoms with Crippen LogP contribution >= 0.6 is 11.3 Å². The average Bonchev–Trinajstić information content (AvgIpc) is 2.90. The number of benzene rings is 1. The van der Waals surface area contributed by atoms with Gasteiger partial charge in [-0.05, 0) is 71.8 Å². The Bertz CT molecular complexity index is 450. The van der Waals surface area contributed by atoms with Gasteiger partial charge in [0.1, 0.15) is 5.82 Å². The first-order valence-electron chi connectivity index (χ1n) is 6.23. The highest BCUT2D eigenvalue weighted by Crippen LogP contribution is 2.16. The molecule has 1 atom stereocenters. The van der Waals surface area contributed by atoms with E-state index in [0.717, 1.165) is 24.8 Å². The lowest BCUT2D eigenvalue weighted by Gasteiger charge is -2.14. The van der Waals surface area contributed by atoms with Crippen molar-refractivity contribution in [2.75, 3.05) is 6.54 Å². The third-order valence-electron chi connectivity index (χ3n) is 3.19. The van der Waals surface area contributed by atoms with Crippen LogP contribution in [-0.4, -0.2) is 6.54 Å². The Labute approximate surface area is 111 Å². The lowest BCUT2D eigenvalue weighted by Crippen LogP contribution is -2.17. The van der Waals surface area contributed by atoms with Crippen LogP contribution in [0.5, 0.6) is 0 Å². The highest BCUT2D eigenvalue weighted by Gasteiger charge is 2.08. The van der Waals surface area contributed by atoms with Crippen molar-refractivity contribution in [1.29, 1.82) is 0 Å². The Morgan fingerprint density at radius 1 is 1.11 bits per heavy atom. The van der Waals surface area contributed by atoms with E-state index in [1.807, 2.05) is 12.1 Å². The van der Waals surface area contributed by atoms with Crippen LogP contribution in [0.25, 0.3) is 0 Å². The van der Waals surface area contributed by atoms with E-state index in [2.05, 4.69) is 16.8 Å². The van der Waals surface area contributed by atoms with E-state index in [1.54, 1.807) is 11.3 Å². The topological polar surface area (TPSA) is 26.0 Å². The largest absolute Gasteiger partial charge is 0.330 e. The van der Waals surface area contributed by atoms with Gasteiger partial charge >= 0.3 is 0 Å². The minimum Gasteiger partial charge on any atom is -0.330 e. The Balaban J connectivity index is 1.87. The van der Waals surface area contributed by atoms with Gasteiger partial charge < -0.3 is 5.73 Å². The summed E-state index contributed by atoms with van der Waals surface area (Å²) in [5.74, 6) is 0.289. The summed E-state index contributed by atoms with van der Waals surface area (Å²) in [6.07, 6.45) is 3.10. The Morgan fingerprint density at radius 3 is 2.50 bits per heavy atom. The molecule has 1 heterocycles. The summed E-state index contributed by atoms with van der Waals surface area (Å²) in [6, 6.07) is 8.89. The molecule has 1 nitrogen and oxygen atoms in total. The molecule has 1 aromatic heterocycles. The molecule has 0 bridgehead atoms. The smallest absolute Gasteiger partial charge is 0.123 e. The SMILES string of the molecule is NCC(CCc1ccsc1)Cc1ccc(F)cc1. The van der Waals surface area contributed by atoms with E-state index in [1.165, 1.54) is 17.7 Å². The molecule has 2 aromatic rings. The van der Waals surface area contributed by atoms with Crippen LogP contribution in [-0.2, 0) is 12.8 Å². The van der Waals surface area contributed by atoms with E-state index in [0.29, 0.717) is 12.5 Å². The number of rotatable bonds is 6. The summed E-state index contributed by atoms with van der Waals surface area (Å²) in [5.41, 5.74) is 8.37. The molecule has 2 N–H and O–H groups in total. The molecule has 2 rings (SSSR count). The van der Waals surface area contributed by atoms with Crippen LogP contribution in [0.3, 0.4) is 0 Å². The first-order valence-corrected chi connectivity index (χ1v) is 7.18. The van der Waals surface area contributed by atoms with Crippen molar-refractivity contribution in [1.82, 2.24) is 0 Å². The van der Waals surface area contributed by atoms with E-state index < -0.39 is 0 Å². The maximum absolute atomic E-state index is 12.8. The van der Waals surface area contributed by atoms with Crippen molar-refractivity contribution in [2.24, 2.45) is 11.7 Å². The van der Waals surface area contributed by atoms with Gasteiger partial charge in [0, 0.05) is 0 Å². The molecule has 0 aliphatic heterocycles. The van der Waals surface area contributed by atoms with Crippen molar-refractivity contribution < 1.29 is 4.39 Å². The number of hydrogen-bond donors (Lipinski definition) is 1. The molecule has 0 radical (unpaired) electrons. The van der Waals surface area contributed by atoms with Crippen LogP contribution in [0, 0.1) is 11.7 Å². The first-order chi connectivity index (χ1) is 8.78. The fraction of sp³-hybridized carbons (Fsp3) is 0.333. The van der Waals surface area contributed by atoms with Gasteiger partial charge in [0.25, 0.3) is 0 Å². The van der Waals surface area contributed by atoms with E-state index >= 15 is 0 Å². The van der Waals surface area contributed by atoms with Crippen LogP contribution in [0.15, 0.2) is 41.1 Å². The fourth-order valence-electron chi connectivity index (χ4n) is 2.06. The molecule has 0 saturated carbocycles. The molecule has 0 aliphatic rings. The van der Waals surface area contributed by atoms with E-state index in [9.17, 15) is 4.39 Å². The third-order valence-corrected chi connectivity index (χ3v) is 3.92. The van der Waals surface area contributed by atoms with Crippen LogP contribution < -0.4 is 5.73 Å². The zero-order valence-electron chi connectivity index (χ0n) is 10.3. The van der Waals surface area contributed by atoms with Gasteiger partial charge in [-0.15, -0.1) is 0 Å². The number of halogens is 1. The van der Waals surface area contributed by atoms with Crippen molar-refractivity contribution in [2.45, 2.75) is 19.3 Å². The van der Waals surface area contributed by atoms with Gasteiger partial charge in [-0.1, -0.05) is 12.1 Å². The predicted molar refractivity (Wildman–Crippen MR) is 75.3 cm³/mol. The highest BCUT2D eigenvalue weighted by atomic mass is 32.1. The van der Waals surface area contributed by atoms with Gasteiger partial charge in [0.05, 0.1) is 0 Å². The van der Waals surface area contributed by atoms with Crippen LogP contribution in [0.1, 0.15) is 17.5 Å². The second-order valence-electron chi connectivity index (χ2n) is 4.60. The summed E-state index contributed by atoms with van der Waals surface area (Å²) in [7, 11) is 0. The van der Waals surface area contributed by atoms with Gasteiger partial charge in [-0.25, -0.2) is 4.39 Å². The molecule has 0 aliphatic carbocycles. The Morgan fingerprint density at radius 2 is 1.89 bits per heavy atom. The highest BCUT2D eigenvalue weighted by molar-refractivity contribution is 7.07. The van der Waals surface area contributed by atoms with Crippen molar-refractivity contribution in [3.05, 3.63) is 58.0 Å². The van der Waals surface area contributed by atoms with Crippen molar-refractivity contribution in [3.8, 4) is 0 Å². The zero-order chi connectivity index (χ0) is 12.8. The summed E-state index contributed by atoms with van der Waals surface area (Å²) >= 11 is 1.73. The van der Waals surface area contributed by atoms with Crippen LogP contribution in [0.2, 0.25) is 0 Å². The van der Waals surface area contributed by atoms with Gasteiger partial charge in [0.15, 0.2) is 0 Å². The second kappa shape index (κ2) is 6.66. The zero-order valence-corrected chi connectivity index (χ0v) is 11.1. The molecular weight excluding hydrogens is 245 g/mol. The van der Waals surface area contributed by atoms with Gasteiger partial charge in [0.2, 0.25) is 0 Å². The van der Waals surface area contributed by atoms with E-state index in [-0.39, 0.29) is 5.82 Å². The minimum absolute atomic E-state index is 0.179. The van der Waals surface area contributed by atoms with Crippen molar-refractivity contribution in [3.63, 3.8) is 0 Å². The fourth-order valence-corrected chi connectivity index (χ4v) is 2.77. The molecule has 1 unspecified atom stereocenters. The first kappa shape index (κ1) is 13.2. The number of thiophene rings is 1. The van der Waals surface area contributed by atoms with Crippen LogP contribution in [0.4, 0.5) is 4.39 Å². The quantitative estimate of drug-likeness (QED) is 0.846. The Hall–Kier alpha value is -1.19. The summed E-state index contributed by atoms with van der Waals surface area (Å²) in [5, 5.41) is 4.29. The molecular formula is C15H18FNS. The number of hydrogen-bond acceptors (Lipinski definition) is 2. The van der Waals surface area contributed by atoms with Gasteiger partial charge in [-0.3, -0.25) is 0 Å². The molecule has 0 saturated heterocycles. The third kappa shape index (κ3) is 3.93. The molecule has 0 fully saturated rings. The standard InChI is InChI=1S/C15H18FNS/c16-15-5-3-12(4-6-15)9-14(10-17)2-1-13-7-8-18-11-13/h3-8,11,14H,1-2,9-10,17H2. The van der Waals surface area contributed by atoms with E-state index in [4.69, 9.17) is 5.73 Å². The minimum atomic E-state index is -0.179. The predicted octanol–water partition coefficient (Wildman–Crippen LogP) is 3.64. The molecule has 3 heteroatoms. The van der Waals surface area contributed by atoms with Crippen molar-refractivity contribution >= 4 is 11.3 Å². The number of nitrogens with two attached hydrogens (primary N) is 1. The summed E-state index contributed by atoms with van der Waals surface area (Å²) < 4.78 is 12.8. The maximum Gasteiger partial charge on any atom is 0.123 e. The van der Waals surface area contributed by atoms with Gasteiger partial charge in [-0.2, -0.15) is 11.3 Å². The summed E-state index contributed by atoms with van der Waals surface area (Å²) in [4.78, 5) is 0. The monoisotopic (exact) mass is 263 g/mol. The molecule has 0 amide bonds. The molecule has 0 spiro atoms. The normalized spacial score (nSPS) is 12.6. The Kier molecular flexibility index (Phi) is 4.90. The maximum atomic E-state index is 12.8. The molecule has 1 aromatic carbocycles.